The number of carbonyl (C=O) groups is 1. The molecule has 0 aliphatic rings. The zero-order valence-electron chi connectivity index (χ0n) is 8.23. The highest BCUT2D eigenvalue weighted by atomic mass is 16.1. The van der Waals surface area contributed by atoms with Crippen LogP contribution in [0.5, 0.6) is 0 Å². The van der Waals surface area contributed by atoms with E-state index in [0.29, 0.717) is 12.2 Å². The Bertz CT molecular complexity index is 283. The van der Waals surface area contributed by atoms with Gasteiger partial charge in [0.25, 0.3) is 5.91 Å². The van der Waals surface area contributed by atoms with Crippen molar-refractivity contribution in [3.63, 3.8) is 0 Å². The van der Waals surface area contributed by atoms with E-state index in [0.717, 1.165) is 6.42 Å². The van der Waals surface area contributed by atoms with Crippen molar-refractivity contribution in [1.82, 2.24) is 10.3 Å². The predicted octanol–water partition coefficient (Wildman–Crippen LogP) is 0.549. The molecule has 0 saturated heterocycles. The summed E-state index contributed by atoms with van der Waals surface area (Å²) in [6.07, 6.45) is 2.42. The Kier molecular flexibility index (Phi) is 4.07. The maximum atomic E-state index is 11.5. The summed E-state index contributed by atoms with van der Waals surface area (Å²) < 4.78 is 0. The average Bonchev–Trinajstić information content (AvgIpc) is 2.26. The van der Waals surface area contributed by atoms with E-state index in [1.807, 2.05) is 6.92 Å². The molecule has 14 heavy (non-hydrogen) atoms. The molecule has 1 unspecified atom stereocenters. The Morgan fingerprint density at radius 3 is 2.93 bits per heavy atom. The van der Waals surface area contributed by atoms with Crippen LogP contribution in [0.1, 0.15) is 23.8 Å². The number of hydrogen-bond acceptors (Lipinski definition) is 3. The van der Waals surface area contributed by atoms with Crippen LogP contribution in [0.15, 0.2) is 24.4 Å². The van der Waals surface area contributed by atoms with Gasteiger partial charge in [0.2, 0.25) is 0 Å². The Hall–Kier alpha value is -1.42. The zero-order chi connectivity index (χ0) is 10.4. The first-order chi connectivity index (χ1) is 6.77. The molecular weight excluding hydrogens is 178 g/mol. The fourth-order valence-corrected chi connectivity index (χ4v) is 1.08. The van der Waals surface area contributed by atoms with Crippen LogP contribution in [0.4, 0.5) is 0 Å². The van der Waals surface area contributed by atoms with Crippen molar-refractivity contribution in [2.24, 2.45) is 5.73 Å². The number of hydrogen-bond donors (Lipinski definition) is 2. The van der Waals surface area contributed by atoms with E-state index in [1.54, 1.807) is 24.4 Å². The maximum absolute atomic E-state index is 11.5. The van der Waals surface area contributed by atoms with Gasteiger partial charge >= 0.3 is 0 Å². The number of amides is 1. The van der Waals surface area contributed by atoms with Crippen LogP contribution in [0.3, 0.4) is 0 Å². The maximum Gasteiger partial charge on any atom is 0.270 e. The highest BCUT2D eigenvalue weighted by molar-refractivity contribution is 5.92. The van der Waals surface area contributed by atoms with Crippen molar-refractivity contribution in [2.75, 3.05) is 6.54 Å². The van der Waals surface area contributed by atoms with Crippen LogP contribution >= 0.6 is 0 Å². The van der Waals surface area contributed by atoms with Crippen molar-refractivity contribution >= 4 is 5.91 Å². The smallest absolute Gasteiger partial charge is 0.270 e. The van der Waals surface area contributed by atoms with E-state index < -0.39 is 0 Å². The standard InChI is InChI=1S/C10H15N3O/c1-2-8(7-11)13-10(14)9-5-3-4-6-12-9/h3-6,8H,2,7,11H2,1H3,(H,13,14). The summed E-state index contributed by atoms with van der Waals surface area (Å²) in [4.78, 5) is 15.5. The number of nitrogens with one attached hydrogen (secondary N) is 1. The Labute approximate surface area is 83.5 Å². The first-order valence-electron chi connectivity index (χ1n) is 4.70. The van der Waals surface area contributed by atoms with Gasteiger partial charge in [0.05, 0.1) is 0 Å². The predicted molar refractivity (Wildman–Crippen MR) is 54.8 cm³/mol. The van der Waals surface area contributed by atoms with Crippen molar-refractivity contribution in [2.45, 2.75) is 19.4 Å². The number of nitrogens with zero attached hydrogens (tertiary/aromatic N) is 1. The minimum absolute atomic E-state index is 0.0320. The van der Waals surface area contributed by atoms with Gasteiger partial charge in [-0.15, -0.1) is 0 Å². The van der Waals surface area contributed by atoms with Gasteiger partial charge in [0, 0.05) is 18.8 Å². The lowest BCUT2D eigenvalue weighted by atomic mass is 10.2. The molecule has 1 heterocycles. The zero-order valence-corrected chi connectivity index (χ0v) is 8.23. The van der Waals surface area contributed by atoms with Gasteiger partial charge < -0.3 is 11.1 Å². The lowest BCUT2D eigenvalue weighted by Crippen LogP contribution is -2.39. The lowest BCUT2D eigenvalue weighted by Gasteiger charge is -2.13. The first kappa shape index (κ1) is 10.7. The van der Waals surface area contributed by atoms with Crippen LogP contribution in [0.2, 0.25) is 0 Å². The third-order valence-electron chi connectivity index (χ3n) is 2.01. The quantitative estimate of drug-likeness (QED) is 0.733. The highest BCUT2D eigenvalue weighted by Gasteiger charge is 2.10. The number of carbonyl (C=O) groups excluding carboxylic acids is 1. The average molecular weight is 193 g/mol. The molecule has 1 atom stereocenters. The van der Waals surface area contributed by atoms with Gasteiger partial charge in [0.1, 0.15) is 5.69 Å². The fourth-order valence-electron chi connectivity index (χ4n) is 1.08. The van der Waals surface area contributed by atoms with Crippen LogP contribution in [-0.4, -0.2) is 23.5 Å². The summed E-state index contributed by atoms with van der Waals surface area (Å²) in [5.74, 6) is -0.164. The molecule has 0 bridgehead atoms. The number of rotatable bonds is 4. The summed E-state index contributed by atoms with van der Waals surface area (Å²) in [5, 5.41) is 2.81. The third kappa shape index (κ3) is 2.81. The first-order valence-corrected chi connectivity index (χ1v) is 4.70. The van der Waals surface area contributed by atoms with Crippen molar-refractivity contribution in [3.05, 3.63) is 30.1 Å². The van der Waals surface area contributed by atoms with Gasteiger partial charge in [-0.05, 0) is 18.6 Å². The molecule has 4 heteroatoms. The second kappa shape index (κ2) is 5.34. The monoisotopic (exact) mass is 193 g/mol. The van der Waals surface area contributed by atoms with Crippen LogP contribution in [0, 0.1) is 0 Å². The molecule has 0 aliphatic carbocycles. The Morgan fingerprint density at radius 2 is 2.43 bits per heavy atom. The number of nitrogens with two attached hydrogens (primary N) is 1. The summed E-state index contributed by atoms with van der Waals surface area (Å²) in [6.45, 7) is 2.44. The SMILES string of the molecule is CCC(CN)NC(=O)c1ccccn1. The van der Waals surface area contributed by atoms with Gasteiger partial charge in [-0.3, -0.25) is 9.78 Å². The molecule has 0 radical (unpaired) electrons. The molecule has 0 spiro atoms. The topological polar surface area (TPSA) is 68.0 Å². The van der Waals surface area contributed by atoms with Gasteiger partial charge in [0.15, 0.2) is 0 Å². The minimum Gasteiger partial charge on any atom is -0.347 e. The molecule has 0 aromatic carbocycles. The molecule has 1 amide bonds. The van der Waals surface area contributed by atoms with E-state index in [2.05, 4.69) is 10.3 Å². The molecular formula is C10H15N3O. The molecule has 1 aromatic heterocycles. The van der Waals surface area contributed by atoms with Gasteiger partial charge in [-0.2, -0.15) is 0 Å². The molecule has 1 rings (SSSR count). The van der Waals surface area contributed by atoms with Crippen molar-refractivity contribution in [3.8, 4) is 0 Å². The second-order valence-corrected chi connectivity index (χ2v) is 3.03. The number of aromatic nitrogens is 1. The number of pyridine rings is 1. The Morgan fingerprint density at radius 1 is 1.64 bits per heavy atom. The molecule has 0 fully saturated rings. The van der Waals surface area contributed by atoms with E-state index in [4.69, 9.17) is 5.73 Å². The summed E-state index contributed by atoms with van der Waals surface area (Å²) in [5.41, 5.74) is 5.90. The van der Waals surface area contributed by atoms with E-state index in [-0.39, 0.29) is 11.9 Å². The summed E-state index contributed by atoms with van der Waals surface area (Å²) in [6, 6.07) is 5.27. The summed E-state index contributed by atoms with van der Waals surface area (Å²) in [7, 11) is 0. The van der Waals surface area contributed by atoms with Crippen LogP contribution in [0.25, 0.3) is 0 Å². The van der Waals surface area contributed by atoms with Gasteiger partial charge in [-0.25, -0.2) is 0 Å². The van der Waals surface area contributed by atoms with Gasteiger partial charge in [-0.1, -0.05) is 13.0 Å². The molecule has 4 nitrogen and oxygen atoms in total. The molecule has 3 N–H and O–H groups in total. The molecule has 76 valence electrons. The lowest BCUT2D eigenvalue weighted by molar-refractivity contribution is 0.0932. The third-order valence-corrected chi connectivity index (χ3v) is 2.01. The van der Waals surface area contributed by atoms with Crippen molar-refractivity contribution < 1.29 is 4.79 Å². The van der Waals surface area contributed by atoms with E-state index in [1.165, 1.54) is 0 Å². The molecule has 0 saturated carbocycles. The van der Waals surface area contributed by atoms with Crippen LogP contribution in [-0.2, 0) is 0 Å². The minimum atomic E-state index is -0.164. The molecule has 1 aromatic rings. The highest BCUT2D eigenvalue weighted by Crippen LogP contribution is 1.95. The fraction of sp³-hybridized carbons (Fsp3) is 0.400. The van der Waals surface area contributed by atoms with E-state index >= 15 is 0 Å². The normalized spacial score (nSPS) is 12.1. The van der Waals surface area contributed by atoms with E-state index in [9.17, 15) is 4.79 Å². The largest absolute Gasteiger partial charge is 0.347 e. The second-order valence-electron chi connectivity index (χ2n) is 3.03. The van der Waals surface area contributed by atoms with Crippen molar-refractivity contribution in [1.29, 1.82) is 0 Å². The van der Waals surface area contributed by atoms with Crippen LogP contribution < -0.4 is 11.1 Å². The summed E-state index contributed by atoms with van der Waals surface area (Å²) >= 11 is 0. The Balaban J connectivity index is 2.59. The molecule has 0 aliphatic heterocycles.